The van der Waals surface area contributed by atoms with E-state index in [0.717, 1.165) is 11.3 Å². The van der Waals surface area contributed by atoms with Gasteiger partial charge in [0.25, 0.3) is 0 Å². The average Bonchev–Trinajstić information content (AvgIpc) is 2.40. The van der Waals surface area contributed by atoms with Gasteiger partial charge in [-0.05, 0) is 18.2 Å². The second-order valence-electron chi connectivity index (χ2n) is 3.66. The molecule has 0 aromatic carbocycles. The maximum atomic E-state index is 10.1. The lowest BCUT2D eigenvalue weighted by Crippen LogP contribution is -2.05. The number of rotatable bonds is 4. The number of hydrogen-bond acceptors (Lipinski definition) is 4. The van der Waals surface area contributed by atoms with Crippen LogP contribution in [0, 0.1) is 0 Å². The Bertz CT molecular complexity index is 474. The Balaban J connectivity index is 2.17. The number of hydrogen-bond donors (Lipinski definition) is 1. The van der Waals surface area contributed by atoms with Crippen molar-refractivity contribution in [2.75, 3.05) is 7.11 Å². The Kier molecular flexibility index (Phi) is 3.67. The Morgan fingerprint density at radius 2 is 2.18 bits per heavy atom. The van der Waals surface area contributed by atoms with Crippen LogP contribution in [0.1, 0.15) is 17.4 Å². The van der Waals surface area contributed by atoms with Crippen molar-refractivity contribution in [1.29, 1.82) is 0 Å². The normalized spacial score (nSPS) is 12.1. The smallest absolute Gasteiger partial charge is 0.142 e. The van der Waals surface area contributed by atoms with E-state index in [1.165, 1.54) is 0 Å². The van der Waals surface area contributed by atoms with Crippen molar-refractivity contribution in [3.63, 3.8) is 0 Å². The second kappa shape index (κ2) is 5.41. The third-order valence-corrected chi connectivity index (χ3v) is 2.52. The summed E-state index contributed by atoms with van der Waals surface area (Å²) in [5.41, 5.74) is 1.58. The van der Waals surface area contributed by atoms with Crippen molar-refractivity contribution in [2.45, 2.75) is 12.5 Å². The van der Waals surface area contributed by atoms with E-state index >= 15 is 0 Å². The summed E-state index contributed by atoms with van der Waals surface area (Å²) in [6, 6.07) is 7.39. The molecule has 0 bridgehead atoms. The molecule has 88 valence electrons. The van der Waals surface area contributed by atoms with Crippen LogP contribution in [0.2, 0.25) is 0 Å². The van der Waals surface area contributed by atoms with Gasteiger partial charge in [0.15, 0.2) is 0 Å². The predicted octanol–water partition coefficient (Wildman–Crippen LogP) is 1.76. The molecule has 0 saturated heterocycles. The van der Waals surface area contributed by atoms with E-state index in [9.17, 15) is 5.11 Å². The van der Waals surface area contributed by atoms with Gasteiger partial charge < -0.3 is 9.84 Å². The minimum absolute atomic E-state index is 0.460. The molecular formula is C13H14N2O2. The first kappa shape index (κ1) is 11.5. The van der Waals surface area contributed by atoms with E-state index in [2.05, 4.69) is 9.97 Å². The molecule has 0 saturated carbocycles. The van der Waals surface area contributed by atoms with Crippen molar-refractivity contribution in [1.82, 2.24) is 9.97 Å². The zero-order valence-corrected chi connectivity index (χ0v) is 9.58. The van der Waals surface area contributed by atoms with Crippen LogP contribution < -0.4 is 4.74 Å². The molecule has 2 aromatic heterocycles. The molecule has 2 rings (SSSR count). The molecule has 4 heteroatoms. The van der Waals surface area contributed by atoms with Crippen LogP contribution in [0.15, 0.2) is 42.9 Å². The topological polar surface area (TPSA) is 55.2 Å². The molecule has 0 fully saturated rings. The Morgan fingerprint density at radius 1 is 1.29 bits per heavy atom. The zero-order valence-electron chi connectivity index (χ0n) is 9.58. The Hall–Kier alpha value is -1.94. The van der Waals surface area contributed by atoms with Crippen LogP contribution in [-0.4, -0.2) is 22.2 Å². The third kappa shape index (κ3) is 2.79. The van der Waals surface area contributed by atoms with Crippen LogP contribution in [0.5, 0.6) is 5.75 Å². The Labute approximate surface area is 99.9 Å². The van der Waals surface area contributed by atoms with Crippen LogP contribution in [-0.2, 0) is 6.42 Å². The molecule has 1 N–H and O–H groups in total. The van der Waals surface area contributed by atoms with E-state index < -0.39 is 6.10 Å². The molecular weight excluding hydrogens is 216 g/mol. The number of aliphatic hydroxyl groups excluding tert-OH is 1. The molecule has 0 aliphatic carbocycles. The van der Waals surface area contributed by atoms with Crippen molar-refractivity contribution < 1.29 is 9.84 Å². The van der Waals surface area contributed by atoms with Crippen molar-refractivity contribution in [3.8, 4) is 5.75 Å². The molecule has 17 heavy (non-hydrogen) atoms. The number of pyridine rings is 2. The standard InChI is InChI=1S/C13H14N2O2/c1-17-13-9-14-7-5-11(13)12(16)8-10-4-2-3-6-15-10/h2-7,9,12,16H,8H2,1H3. The lowest BCUT2D eigenvalue weighted by Gasteiger charge is -2.13. The first-order chi connectivity index (χ1) is 8.31. The van der Waals surface area contributed by atoms with Gasteiger partial charge in [0, 0.05) is 30.1 Å². The zero-order chi connectivity index (χ0) is 12.1. The maximum absolute atomic E-state index is 10.1. The van der Waals surface area contributed by atoms with E-state index in [1.54, 1.807) is 31.8 Å². The predicted molar refractivity (Wildman–Crippen MR) is 63.7 cm³/mol. The quantitative estimate of drug-likeness (QED) is 0.869. The van der Waals surface area contributed by atoms with Crippen LogP contribution >= 0.6 is 0 Å². The van der Waals surface area contributed by atoms with Crippen LogP contribution in [0.25, 0.3) is 0 Å². The van der Waals surface area contributed by atoms with E-state index in [-0.39, 0.29) is 0 Å². The molecule has 2 heterocycles. The second-order valence-corrected chi connectivity index (χ2v) is 3.66. The van der Waals surface area contributed by atoms with Crippen LogP contribution in [0.3, 0.4) is 0 Å². The first-order valence-corrected chi connectivity index (χ1v) is 5.37. The summed E-state index contributed by atoms with van der Waals surface area (Å²) in [6.45, 7) is 0. The molecule has 1 unspecified atom stereocenters. The van der Waals surface area contributed by atoms with Crippen molar-refractivity contribution in [3.05, 3.63) is 54.1 Å². The van der Waals surface area contributed by atoms with Gasteiger partial charge in [-0.3, -0.25) is 9.97 Å². The van der Waals surface area contributed by atoms with Crippen LogP contribution in [0.4, 0.5) is 0 Å². The molecule has 2 aromatic rings. The highest BCUT2D eigenvalue weighted by atomic mass is 16.5. The summed E-state index contributed by atoms with van der Waals surface area (Å²) in [4.78, 5) is 8.14. The first-order valence-electron chi connectivity index (χ1n) is 5.37. The van der Waals surface area contributed by atoms with Gasteiger partial charge in [-0.2, -0.15) is 0 Å². The fraction of sp³-hybridized carbons (Fsp3) is 0.231. The van der Waals surface area contributed by atoms with Gasteiger partial charge in [0.05, 0.1) is 19.4 Å². The summed E-state index contributed by atoms with van der Waals surface area (Å²) >= 11 is 0. The summed E-state index contributed by atoms with van der Waals surface area (Å²) in [6.07, 6.45) is 4.77. The summed E-state index contributed by atoms with van der Waals surface area (Å²) < 4.78 is 5.16. The number of nitrogens with zero attached hydrogens (tertiary/aromatic N) is 2. The van der Waals surface area contributed by atoms with Crippen molar-refractivity contribution in [2.24, 2.45) is 0 Å². The number of methoxy groups -OCH3 is 1. The van der Waals surface area contributed by atoms with Gasteiger partial charge in [0.1, 0.15) is 5.75 Å². The highest BCUT2D eigenvalue weighted by Gasteiger charge is 2.14. The van der Waals surface area contributed by atoms with Gasteiger partial charge >= 0.3 is 0 Å². The summed E-state index contributed by atoms with van der Waals surface area (Å²) in [5.74, 6) is 0.593. The minimum atomic E-state index is -0.636. The molecule has 0 aliphatic rings. The minimum Gasteiger partial charge on any atom is -0.495 e. The highest BCUT2D eigenvalue weighted by molar-refractivity contribution is 5.32. The van der Waals surface area contributed by atoms with Gasteiger partial charge in [-0.1, -0.05) is 6.07 Å². The SMILES string of the molecule is COc1cnccc1C(O)Cc1ccccn1. The molecule has 0 aliphatic heterocycles. The third-order valence-electron chi connectivity index (χ3n) is 2.52. The maximum Gasteiger partial charge on any atom is 0.142 e. The number of aromatic nitrogens is 2. The van der Waals surface area contributed by atoms with E-state index in [4.69, 9.17) is 4.74 Å². The summed E-state index contributed by atoms with van der Waals surface area (Å²) in [5, 5.41) is 10.1. The van der Waals surface area contributed by atoms with Gasteiger partial charge in [-0.15, -0.1) is 0 Å². The summed E-state index contributed by atoms with van der Waals surface area (Å²) in [7, 11) is 1.56. The fourth-order valence-electron chi connectivity index (χ4n) is 1.66. The van der Waals surface area contributed by atoms with Crippen molar-refractivity contribution >= 4 is 0 Å². The largest absolute Gasteiger partial charge is 0.495 e. The molecule has 0 spiro atoms. The monoisotopic (exact) mass is 230 g/mol. The van der Waals surface area contributed by atoms with Gasteiger partial charge in [0.2, 0.25) is 0 Å². The number of ether oxygens (including phenoxy) is 1. The fourth-order valence-corrected chi connectivity index (χ4v) is 1.66. The van der Waals surface area contributed by atoms with E-state index in [1.807, 2.05) is 18.2 Å². The number of aliphatic hydroxyl groups is 1. The Morgan fingerprint density at radius 3 is 2.88 bits per heavy atom. The average molecular weight is 230 g/mol. The van der Waals surface area contributed by atoms with Gasteiger partial charge in [-0.25, -0.2) is 0 Å². The highest BCUT2D eigenvalue weighted by Crippen LogP contribution is 2.25. The molecule has 0 radical (unpaired) electrons. The molecule has 1 atom stereocenters. The van der Waals surface area contributed by atoms with E-state index in [0.29, 0.717) is 12.2 Å². The lowest BCUT2D eigenvalue weighted by atomic mass is 10.1. The molecule has 0 amide bonds. The molecule has 4 nitrogen and oxygen atoms in total. The lowest BCUT2D eigenvalue weighted by molar-refractivity contribution is 0.172.